The van der Waals surface area contributed by atoms with Gasteiger partial charge in [-0.05, 0) is 37.2 Å². The number of ether oxygens (including phenoxy) is 5. The first-order chi connectivity index (χ1) is 19.3. The molecule has 2 heterocycles. The maximum atomic E-state index is 13.0. The number of fused-ring (bicyclic) bond motifs is 2. The number of hydrogen-bond acceptors (Lipinski definition) is 10. The summed E-state index contributed by atoms with van der Waals surface area (Å²) < 4.78 is 45.6. The molecule has 0 aliphatic heterocycles. The maximum Gasteiger partial charge on any atom is 0.342 e. The van der Waals surface area contributed by atoms with Crippen LogP contribution >= 0.6 is 0 Å². The molecule has 0 radical (unpaired) electrons. The standard InChI is InChI=1S/C30H36O10Si/c1-16-26(28(31)35-7)17-11-23(21(33-5)13-19(17)38-16)37-15-25-27(29(32)36-8)18-12-24(22(34-6)14-20(18)39-25)40-41(9,10)30(2,3)4/h11-14H,15H2,1-10H3. The van der Waals surface area contributed by atoms with Crippen LogP contribution in [0.3, 0.4) is 0 Å². The van der Waals surface area contributed by atoms with Gasteiger partial charge in [0.1, 0.15) is 40.4 Å². The summed E-state index contributed by atoms with van der Waals surface area (Å²) in [6, 6.07) is 6.69. The van der Waals surface area contributed by atoms with Crippen LogP contribution in [0.1, 0.15) is 53.0 Å². The molecule has 0 aliphatic rings. The van der Waals surface area contributed by atoms with E-state index in [1.807, 2.05) is 0 Å². The monoisotopic (exact) mass is 584 g/mol. The lowest BCUT2D eigenvalue weighted by molar-refractivity contribution is 0.0589. The highest BCUT2D eigenvalue weighted by atomic mass is 28.4. The van der Waals surface area contributed by atoms with E-state index < -0.39 is 20.3 Å². The molecule has 220 valence electrons. The molecule has 0 unspecified atom stereocenters. The highest BCUT2D eigenvalue weighted by Crippen LogP contribution is 2.43. The van der Waals surface area contributed by atoms with Crippen LogP contribution in [0.15, 0.2) is 33.1 Å². The van der Waals surface area contributed by atoms with Crippen LogP contribution in [0.4, 0.5) is 0 Å². The Labute approximate surface area is 239 Å². The van der Waals surface area contributed by atoms with Gasteiger partial charge in [0.15, 0.2) is 23.0 Å². The lowest BCUT2D eigenvalue weighted by Crippen LogP contribution is -2.43. The first kappa shape index (κ1) is 29.8. The average molecular weight is 585 g/mol. The van der Waals surface area contributed by atoms with Crippen LogP contribution in [0.5, 0.6) is 23.0 Å². The largest absolute Gasteiger partial charge is 0.541 e. The van der Waals surface area contributed by atoms with E-state index in [2.05, 4.69) is 33.9 Å². The molecule has 10 nitrogen and oxygen atoms in total. The molecule has 0 bridgehead atoms. The van der Waals surface area contributed by atoms with Gasteiger partial charge in [-0.1, -0.05) is 20.8 Å². The molecule has 4 rings (SSSR count). The number of aryl methyl sites for hydroxylation is 1. The summed E-state index contributed by atoms with van der Waals surface area (Å²) in [6.45, 7) is 12.2. The Kier molecular flexibility index (Phi) is 8.04. The fourth-order valence-electron chi connectivity index (χ4n) is 4.25. The van der Waals surface area contributed by atoms with E-state index >= 15 is 0 Å². The molecule has 2 aromatic heterocycles. The first-order valence-corrected chi connectivity index (χ1v) is 15.9. The summed E-state index contributed by atoms with van der Waals surface area (Å²) in [5, 5.41) is 0.945. The normalized spacial score (nSPS) is 12.0. The number of methoxy groups -OCH3 is 4. The molecule has 0 saturated carbocycles. The molecule has 4 aromatic rings. The Balaban J connectivity index is 1.79. The van der Waals surface area contributed by atoms with E-state index in [1.165, 1.54) is 21.3 Å². The van der Waals surface area contributed by atoms with Crippen molar-refractivity contribution in [3.05, 3.63) is 46.9 Å². The summed E-state index contributed by atoms with van der Waals surface area (Å²) in [7, 11) is 3.40. The van der Waals surface area contributed by atoms with Crippen molar-refractivity contribution in [3.63, 3.8) is 0 Å². The van der Waals surface area contributed by atoms with E-state index in [0.717, 1.165) is 0 Å². The predicted molar refractivity (Wildman–Crippen MR) is 155 cm³/mol. The minimum atomic E-state index is -2.24. The third-order valence-electron chi connectivity index (χ3n) is 7.51. The number of hydrogen-bond donors (Lipinski definition) is 0. The van der Waals surface area contributed by atoms with Crippen molar-refractivity contribution in [2.45, 2.75) is 52.4 Å². The lowest BCUT2D eigenvalue weighted by atomic mass is 10.1. The first-order valence-electron chi connectivity index (χ1n) is 13.0. The van der Waals surface area contributed by atoms with Crippen LogP contribution in [-0.2, 0) is 16.1 Å². The van der Waals surface area contributed by atoms with E-state index in [1.54, 1.807) is 38.3 Å². The van der Waals surface area contributed by atoms with Gasteiger partial charge in [-0.2, -0.15) is 0 Å². The smallest absolute Gasteiger partial charge is 0.342 e. The second kappa shape index (κ2) is 11.0. The van der Waals surface area contributed by atoms with Crippen molar-refractivity contribution in [2.24, 2.45) is 0 Å². The number of benzene rings is 2. The van der Waals surface area contributed by atoms with Gasteiger partial charge in [0, 0.05) is 22.9 Å². The summed E-state index contributed by atoms with van der Waals surface area (Å²) in [4.78, 5) is 25.4. The van der Waals surface area contributed by atoms with Gasteiger partial charge in [-0.15, -0.1) is 0 Å². The van der Waals surface area contributed by atoms with Crippen molar-refractivity contribution in [2.75, 3.05) is 28.4 Å². The summed E-state index contributed by atoms with van der Waals surface area (Å²) in [5.74, 6) is 1.18. The Bertz CT molecular complexity index is 1620. The van der Waals surface area contributed by atoms with E-state index in [-0.39, 0.29) is 28.5 Å². The zero-order chi connectivity index (χ0) is 30.3. The third kappa shape index (κ3) is 5.46. The predicted octanol–water partition coefficient (Wildman–Crippen LogP) is 7.04. The van der Waals surface area contributed by atoms with E-state index in [4.69, 9.17) is 36.9 Å². The molecule has 0 N–H and O–H groups in total. The summed E-state index contributed by atoms with van der Waals surface area (Å²) >= 11 is 0. The Morgan fingerprint density at radius 1 is 0.756 bits per heavy atom. The minimum absolute atomic E-state index is 0.0606. The highest BCUT2D eigenvalue weighted by molar-refractivity contribution is 6.74. The maximum absolute atomic E-state index is 13.0. The number of carbonyl (C=O) groups is 2. The molecule has 0 spiro atoms. The molecule has 0 fully saturated rings. The van der Waals surface area contributed by atoms with Crippen molar-refractivity contribution >= 4 is 42.2 Å². The summed E-state index contributed by atoms with van der Waals surface area (Å²) in [5.41, 5.74) is 1.34. The van der Waals surface area contributed by atoms with Gasteiger partial charge in [-0.3, -0.25) is 0 Å². The fourth-order valence-corrected chi connectivity index (χ4v) is 5.26. The Morgan fingerprint density at radius 2 is 1.27 bits per heavy atom. The molecular weight excluding hydrogens is 548 g/mol. The Hall–Kier alpha value is -4.12. The SMILES string of the molecule is COC(=O)c1c(C)oc2cc(OC)c(OCc3oc4cc(OC)c(O[Si](C)(C)C(C)(C)C)cc4c3C(=O)OC)cc12. The molecular formula is C30H36O10Si. The fraction of sp³-hybridized carbons (Fsp3) is 0.400. The van der Waals surface area contributed by atoms with E-state index in [9.17, 15) is 9.59 Å². The molecule has 0 aliphatic carbocycles. The minimum Gasteiger partial charge on any atom is -0.541 e. The molecule has 0 amide bonds. The van der Waals surface area contributed by atoms with Crippen molar-refractivity contribution in [3.8, 4) is 23.0 Å². The third-order valence-corrected chi connectivity index (χ3v) is 11.8. The topological polar surface area (TPSA) is 116 Å². The van der Waals surface area contributed by atoms with Gasteiger partial charge in [0.25, 0.3) is 8.32 Å². The highest BCUT2D eigenvalue weighted by Gasteiger charge is 2.40. The van der Waals surface area contributed by atoms with Crippen molar-refractivity contribution < 1.29 is 46.5 Å². The number of esters is 2. The molecule has 0 saturated heterocycles. The second-order valence-corrected chi connectivity index (χ2v) is 15.8. The van der Waals surface area contributed by atoms with Gasteiger partial charge in [0.2, 0.25) is 0 Å². The van der Waals surface area contributed by atoms with Crippen molar-refractivity contribution in [1.82, 2.24) is 0 Å². The van der Waals surface area contributed by atoms with Crippen LogP contribution in [0.2, 0.25) is 18.1 Å². The molecule has 2 aromatic carbocycles. The zero-order valence-corrected chi connectivity index (χ0v) is 26.1. The van der Waals surface area contributed by atoms with Crippen LogP contribution in [-0.4, -0.2) is 48.7 Å². The number of carbonyl (C=O) groups excluding carboxylic acids is 2. The zero-order valence-electron chi connectivity index (χ0n) is 25.1. The lowest BCUT2D eigenvalue weighted by Gasteiger charge is -2.36. The van der Waals surface area contributed by atoms with Gasteiger partial charge in [0.05, 0.1) is 28.4 Å². The Morgan fingerprint density at radius 3 is 1.83 bits per heavy atom. The number of furan rings is 2. The van der Waals surface area contributed by atoms with Crippen molar-refractivity contribution in [1.29, 1.82) is 0 Å². The molecule has 0 atom stereocenters. The molecule has 41 heavy (non-hydrogen) atoms. The van der Waals surface area contributed by atoms with Gasteiger partial charge < -0.3 is 36.9 Å². The average Bonchev–Trinajstić information content (AvgIpc) is 3.44. The molecule has 11 heteroatoms. The van der Waals surface area contributed by atoms with Crippen LogP contribution in [0, 0.1) is 6.92 Å². The quantitative estimate of drug-likeness (QED) is 0.150. The van der Waals surface area contributed by atoms with Crippen LogP contribution < -0.4 is 18.6 Å². The van der Waals surface area contributed by atoms with Gasteiger partial charge >= 0.3 is 11.9 Å². The summed E-state index contributed by atoms with van der Waals surface area (Å²) in [6.07, 6.45) is 0. The van der Waals surface area contributed by atoms with Crippen LogP contribution in [0.25, 0.3) is 21.9 Å². The number of rotatable bonds is 9. The second-order valence-electron chi connectivity index (χ2n) is 11.1. The van der Waals surface area contributed by atoms with E-state index in [0.29, 0.717) is 50.7 Å². The van der Waals surface area contributed by atoms with Gasteiger partial charge in [-0.25, -0.2) is 9.59 Å².